The van der Waals surface area contributed by atoms with Crippen molar-refractivity contribution in [1.29, 1.82) is 0 Å². The number of hydrogen-bond donors (Lipinski definition) is 2. The molecular formula is C16H22BrN3. The normalized spacial score (nSPS) is 19.6. The van der Waals surface area contributed by atoms with Crippen molar-refractivity contribution in [1.82, 2.24) is 9.88 Å². The van der Waals surface area contributed by atoms with Crippen LogP contribution >= 0.6 is 15.9 Å². The van der Waals surface area contributed by atoms with Gasteiger partial charge in [0.1, 0.15) is 0 Å². The molecule has 0 amide bonds. The van der Waals surface area contributed by atoms with Crippen LogP contribution in [0.1, 0.15) is 25.3 Å². The summed E-state index contributed by atoms with van der Waals surface area (Å²) in [7, 11) is 0. The van der Waals surface area contributed by atoms with Crippen molar-refractivity contribution in [2.24, 2.45) is 11.7 Å². The number of benzene rings is 1. The number of H-pyrrole nitrogens is 1. The maximum atomic E-state index is 6.01. The topological polar surface area (TPSA) is 45.0 Å². The Bertz CT molecular complexity index is 582. The fourth-order valence-electron chi connectivity index (χ4n) is 3.16. The van der Waals surface area contributed by atoms with E-state index < -0.39 is 0 Å². The first-order chi connectivity index (χ1) is 9.63. The predicted molar refractivity (Wildman–Crippen MR) is 87.6 cm³/mol. The first kappa shape index (κ1) is 14.1. The summed E-state index contributed by atoms with van der Waals surface area (Å²) >= 11 is 3.56. The van der Waals surface area contributed by atoms with Gasteiger partial charge in [-0.05, 0) is 62.5 Å². The second kappa shape index (κ2) is 5.88. The number of halogens is 1. The van der Waals surface area contributed by atoms with Crippen LogP contribution < -0.4 is 5.73 Å². The van der Waals surface area contributed by atoms with Gasteiger partial charge >= 0.3 is 0 Å². The average molecular weight is 336 g/mol. The summed E-state index contributed by atoms with van der Waals surface area (Å²) in [6.45, 7) is 5.49. The quantitative estimate of drug-likeness (QED) is 0.901. The van der Waals surface area contributed by atoms with Crippen LogP contribution in [0.2, 0.25) is 0 Å². The molecule has 1 aliphatic heterocycles. The Kier molecular flexibility index (Phi) is 4.15. The van der Waals surface area contributed by atoms with Crippen molar-refractivity contribution in [2.75, 3.05) is 13.1 Å². The Balaban J connectivity index is 1.70. The first-order valence-corrected chi connectivity index (χ1v) is 8.16. The van der Waals surface area contributed by atoms with Crippen molar-refractivity contribution < 1.29 is 0 Å². The van der Waals surface area contributed by atoms with Gasteiger partial charge in [-0.3, -0.25) is 4.90 Å². The molecule has 3 rings (SSSR count). The molecule has 20 heavy (non-hydrogen) atoms. The molecule has 3 N–H and O–H groups in total. The Hall–Kier alpha value is -0.840. The lowest BCUT2D eigenvalue weighted by atomic mass is 9.91. The average Bonchev–Trinajstić information content (AvgIpc) is 2.82. The Morgan fingerprint density at radius 2 is 2.15 bits per heavy atom. The van der Waals surface area contributed by atoms with E-state index >= 15 is 0 Å². The van der Waals surface area contributed by atoms with E-state index in [9.17, 15) is 0 Å². The number of piperidine rings is 1. The summed E-state index contributed by atoms with van der Waals surface area (Å²) in [4.78, 5) is 5.91. The van der Waals surface area contributed by atoms with Gasteiger partial charge in [0.25, 0.3) is 0 Å². The molecule has 108 valence electrons. The highest BCUT2D eigenvalue weighted by atomic mass is 79.9. The second-order valence-corrected chi connectivity index (χ2v) is 6.89. The van der Waals surface area contributed by atoms with Gasteiger partial charge in [-0.2, -0.15) is 0 Å². The molecule has 1 saturated heterocycles. The van der Waals surface area contributed by atoms with Crippen LogP contribution in [-0.4, -0.2) is 29.0 Å². The van der Waals surface area contributed by atoms with Gasteiger partial charge in [0.15, 0.2) is 0 Å². The second-order valence-electron chi connectivity index (χ2n) is 5.98. The molecule has 2 aromatic rings. The van der Waals surface area contributed by atoms with Crippen molar-refractivity contribution in [3.05, 3.63) is 34.4 Å². The monoisotopic (exact) mass is 335 g/mol. The smallest absolute Gasteiger partial charge is 0.0458 e. The lowest BCUT2D eigenvalue weighted by molar-refractivity contribution is 0.166. The maximum Gasteiger partial charge on any atom is 0.0458 e. The van der Waals surface area contributed by atoms with Crippen LogP contribution in [0.3, 0.4) is 0 Å². The van der Waals surface area contributed by atoms with Crippen LogP contribution in [0, 0.1) is 5.92 Å². The molecule has 1 atom stereocenters. The highest BCUT2D eigenvalue weighted by Crippen LogP contribution is 2.26. The summed E-state index contributed by atoms with van der Waals surface area (Å²) in [5.74, 6) is 0.698. The van der Waals surface area contributed by atoms with Crippen LogP contribution in [0.4, 0.5) is 0 Å². The third-order valence-electron chi connectivity index (χ3n) is 4.50. The highest BCUT2D eigenvalue weighted by Gasteiger charge is 2.22. The van der Waals surface area contributed by atoms with Gasteiger partial charge in [-0.15, -0.1) is 0 Å². The minimum atomic E-state index is 0.334. The van der Waals surface area contributed by atoms with E-state index in [2.05, 4.69) is 57.1 Å². The first-order valence-electron chi connectivity index (χ1n) is 7.37. The predicted octanol–water partition coefficient (Wildman–Crippen LogP) is 3.49. The molecule has 1 unspecified atom stereocenters. The van der Waals surface area contributed by atoms with Gasteiger partial charge in [0, 0.05) is 34.2 Å². The van der Waals surface area contributed by atoms with Crippen LogP contribution in [0.25, 0.3) is 10.9 Å². The van der Waals surface area contributed by atoms with Crippen LogP contribution in [-0.2, 0) is 6.54 Å². The van der Waals surface area contributed by atoms with E-state index in [4.69, 9.17) is 5.73 Å². The summed E-state index contributed by atoms with van der Waals surface area (Å²) in [6, 6.07) is 6.75. The largest absolute Gasteiger partial charge is 0.361 e. The molecule has 1 fully saturated rings. The van der Waals surface area contributed by atoms with E-state index in [1.54, 1.807) is 0 Å². The third kappa shape index (κ3) is 2.92. The number of rotatable bonds is 3. The molecule has 0 bridgehead atoms. The number of hydrogen-bond acceptors (Lipinski definition) is 2. The van der Waals surface area contributed by atoms with Crippen molar-refractivity contribution >= 4 is 26.8 Å². The van der Waals surface area contributed by atoms with E-state index in [0.29, 0.717) is 12.0 Å². The Morgan fingerprint density at radius 1 is 1.40 bits per heavy atom. The number of fused-ring (bicyclic) bond motifs is 1. The van der Waals surface area contributed by atoms with Crippen molar-refractivity contribution in [2.45, 2.75) is 32.4 Å². The Labute approximate surface area is 128 Å². The zero-order valence-electron chi connectivity index (χ0n) is 11.9. The standard InChI is InChI=1S/C16H22BrN3/c1-11(18)12-4-6-20(7-5-12)10-13-9-19-16-3-2-14(17)8-15(13)16/h2-3,8-9,11-12,19H,4-7,10,18H2,1H3. The zero-order valence-corrected chi connectivity index (χ0v) is 13.5. The highest BCUT2D eigenvalue weighted by molar-refractivity contribution is 9.10. The fourth-order valence-corrected chi connectivity index (χ4v) is 3.52. The molecular weight excluding hydrogens is 314 g/mol. The van der Waals surface area contributed by atoms with E-state index in [1.807, 2.05) is 0 Å². The number of aromatic amines is 1. The minimum Gasteiger partial charge on any atom is -0.361 e. The summed E-state index contributed by atoms with van der Waals surface area (Å²) < 4.78 is 1.14. The third-order valence-corrected chi connectivity index (χ3v) is 4.99. The number of aromatic nitrogens is 1. The molecule has 0 aliphatic carbocycles. The summed E-state index contributed by atoms with van der Waals surface area (Å²) in [6.07, 6.45) is 4.60. The number of nitrogens with zero attached hydrogens (tertiary/aromatic N) is 1. The molecule has 1 aliphatic rings. The van der Waals surface area contributed by atoms with Gasteiger partial charge in [0.2, 0.25) is 0 Å². The van der Waals surface area contributed by atoms with Gasteiger partial charge in [-0.1, -0.05) is 15.9 Å². The Morgan fingerprint density at radius 3 is 2.85 bits per heavy atom. The molecule has 1 aromatic heterocycles. The van der Waals surface area contributed by atoms with Gasteiger partial charge in [0.05, 0.1) is 0 Å². The molecule has 1 aromatic carbocycles. The summed E-state index contributed by atoms with van der Waals surface area (Å²) in [5.41, 5.74) is 8.62. The summed E-state index contributed by atoms with van der Waals surface area (Å²) in [5, 5.41) is 1.33. The minimum absolute atomic E-state index is 0.334. The molecule has 0 spiro atoms. The maximum absolute atomic E-state index is 6.01. The molecule has 4 heteroatoms. The fraction of sp³-hybridized carbons (Fsp3) is 0.500. The van der Waals surface area contributed by atoms with Gasteiger partial charge in [-0.25, -0.2) is 0 Å². The van der Waals surface area contributed by atoms with E-state index in [0.717, 1.165) is 24.1 Å². The van der Waals surface area contributed by atoms with Crippen molar-refractivity contribution in [3.63, 3.8) is 0 Å². The van der Waals surface area contributed by atoms with E-state index in [-0.39, 0.29) is 0 Å². The SMILES string of the molecule is CC(N)C1CCN(Cc2c[nH]c3ccc(Br)cc23)CC1. The number of nitrogens with two attached hydrogens (primary N) is 1. The molecule has 2 heterocycles. The molecule has 0 radical (unpaired) electrons. The molecule has 0 saturated carbocycles. The number of likely N-dealkylation sites (tertiary alicyclic amines) is 1. The lowest BCUT2D eigenvalue weighted by Gasteiger charge is -2.33. The lowest BCUT2D eigenvalue weighted by Crippen LogP contribution is -2.39. The molecule has 3 nitrogen and oxygen atoms in total. The zero-order chi connectivity index (χ0) is 14.1. The van der Waals surface area contributed by atoms with Crippen LogP contribution in [0.15, 0.2) is 28.9 Å². The van der Waals surface area contributed by atoms with Gasteiger partial charge < -0.3 is 10.7 Å². The van der Waals surface area contributed by atoms with Crippen LogP contribution in [0.5, 0.6) is 0 Å². The number of nitrogens with one attached hydrogen (secondary N) is 1. The van der Waals surface area contributed by atoms with Crippen molar-refractivity contribution in [3.8, 4) is 0 Å². The van der Waals surface area contributed by atoms with E-state index in [1.165, 1.54) is 29.3 Å².